The van der Waals surface area contributed by atoms with Gasteiger partial charge in [0.25, 0.3) is 0 Å². The summed E-state index contributed by atoms with van der Waals surface area (Å²) in [4.78, 5) is 23.3. The molecule has 9 nitrogen and oxygen atoms in total. The molecule has 1 fully saturated rings. The van der Waals surface area contributed by atoms with Crippen molar-refractivity contribution in [3.8, 4) is 11.6 Å². The van der Waals surface area contributed by atoms with Crippen LogP contribution in [0.4, 0.5) is 0 Å². The number of rotatable bonds is 9. The highest BCUT2D eigenvalue weighted by Crippen LogP contribution is 2.37. The van der Waals surface area contributed by atoms with Crippen molar-refractivity contribution >= 4 is 0 Å². The summed E-state index contributed by atoms with van der Waals surface area (Å²) in [5, 5.41) is 3.63. The minimum atomic E-state index is -0.607. The second kappa shape index (κ2) is 10.8. The summed E-state index contributed by atoms with van der Waals surface area (Å²) in [6.45, 7) is 6.32. The number of nitrogens with one attached hydrogen (secondary N) is 1. The predicted molar refractivity (Wildman–Crippen MR) is 125 cm³/mol. The van der Waals surface area contributed by atoms with Crippen LogP contribution in [0.15, 0.2) is 21.5 Å². The summed E-state index contributed by atoms with van der Waals surface area (Å²) in [5.41, 5.74) is 6.10. The van der Waals surface area contributed by atoms with E-state index in [-0.39, 0.29) is 13.4 Å². The average Bonchev–Trinajstić information content (AvgIpc) is 3.27. The zero-order chi connectivity index (χ0) is 24.1. The van der Waals surface area contributed by atoms with Gasteiger partial charge in [-0.15, -0.1) is 0 Å². The number of pyridine rings is 2. The lowest BCUT2D eigenvalue weighted by Gasteiger charge is -2.24. The van der Waals surface area contributed by atoms with Crippen LogP contribution in [0.25, 0.3) is 0 Å². The maximum Gasteiger partial charge on any atom is 0.439 e. The number of aromatic amines is 1. The van der Waals surface area contributed by atoms with Crippen molar-refractivity contribution in [2.45, 2.75) is 71.8 Å². The third-order valence-electron chi connectivity index (χ3n) is 6.50. The van der Waals surface area contributed by atoms with Crippen LogP contribution in [-0.4, -0.2) is 34.0 Å². The molecule has 0 aliphatic heterocycles. The van der Waals surface area contributed by atoms with Crippen molar-refractivity contribution in [3.63, 3.8) is 0 Å². The predicted octanol–water partition coefficient (Wildman–Crippen LogP) is 4.28. The van der Waals surface area contributed by atoms with Gasteiger partial charge in [-0.1, -0.05) is 24.4 Å². The second-order valence-electron chi connectivity index (χ2n) is 8.81. The molecule has 34 heavy (non-hydrogen) atoms. The molecule has 0 unspecified atom stereocenters. The molecule has 1 aliphatic rings. The quantitative estimate of drug-likeness (QED) is 0.463. The molecule has 1 saturated carbocycles. The Kier molecular flexibility index (Phi) is 7.62. The molecule has 0 saturated heterocycles. The van der Waals surface area contributed by atoms with Gasteiger partial charge in [-0.25, -0.2) is 9.78 Å². The van der Waals surface area contributed by atoms with Gasteiger partial charge in [0.1, 0.15) is 5.75 Å². The van der Waals surface area contributed by atoms with Crippen molar-refractivity contribution in [1.82, 2.24) is 20.1 Å². The van der Waals surface area contributed by atoms with Crippen molar-refractivity contribution in [3.05, 3.63) is 62.3 Å². The lowest BCUT2D eigenvalue weighted by molar-refractivity contribution is 0.0496. The van der Waals surface area contributed by atoms with Gasteiger partial charge < -0.3 is 14.2 Å². The van der Waals surface area contributed by atoms with Crippen LogP contribution in [0, 0.1) is 20.8 Å². The van der Waals surface area contributed by atoms with Gasteiger partial charge in [0, 0.05) is 36.4 Å². The average molecular weight is 469 g/mol. The number of ether oxygens (including phenoxy) is 3. The molecule has 0 amide bonds. The van der Waals surface area contributed by atoms with Crippen molar-refractivity contribution in [2.24, 2.45) is 0 Å². The molecule has 0 atom stereocenters. The van der Waals surface area contributed by atoms with Gasteiger partial charge in [0.2, 0.25) is 5.88 Å². The number of aryl methyl sites for hydroxylation is 1. The lowest BCUT2D eigenvalue weighted by Crippen LogP contribution is -2.12. The van der Waals surface area contributed by atoms with E-state index in [2.05, 4.69) is 26.6 Å². The van der Waals surface area contributed by atoms with Gasteiger partial charge in [-0.2, -0.15) is 0 Å². The third kappa shape index (κ3) is 5.47. The summed E-state index contributed by atoms with van der Waals surface area (Å²) >= 11 is 0. The van der Waals surface area contributed by atoms with Gasteiger partial charge in [-0.05, 0) is 56.9 Å². The second-order valence-corrected chi connectivity index (χ2v) is 8.81. The van der Waals surface area contributed by atoms with E-state index >= 15 is 0 Å². The molecular formula is C25H32N4O5. The van der Waals surface area contributed by atoms with Gasteiger partial charge in [-0.3, -0.25) is 14.5 Å². The molecular weight excluding hydrogens is 436 g/mol. The van der Waals surface area contributed by atoms with Crippen LogP contribution in [0.3, 0.4) is 0 Å². The van der Waals surface area contributed by atoms with Crippen LogP contribution < -0.4 is 15.2 Å². The maximum atomic E-state index is 11.1. The molecule has 3 heterocycles. The van der Waals surface area contributed by atoms with Crippen molar-refractivity contribution < 1.29 is 18.7 Å². The number of methoxy groups -OCH3 is 1. The summed E-state index contributed by atoms with van der Waals surface area (Å²) < 4.78 is 21.3. The molecule has 1 aliphatic carbocycles. The first kappa shape index (κ1) is 23.9. The van der Waals surface area contributed by atoms with Crippen LogP contribution in [0.5, 0.6) is 11.6 Å². The Hall–Kier alpha value is -3.20. The van der Waals surface area contributed by atoms with Gasteiger partial charge in [0.05, 0.1) is 5.69 Å². The molecule has 0 radical (unpaired) electrons. The Labute approximate surface area is 198 Å². The van der Waals surface area contributed by atoms with Crippen LogP contribution in [-0.2, 0) is 17.8 Å². The Morgan fingerprint density at radius 1 is 1.06 bits per heavy atom. The Morgan fingerprint density at radius 3 is 2.56 bits per heavy atom. The third-order valence-corrected chi connectivity index (χ3v) is 6.50. The highest BCUT2D eigenvalue weighted by molar-refractivity contribution is 5.44. The molecule has 182 valence electrons. The molecule has 0 bridgehead atoms. The van der Waals surface area contributed by atoms with E-state index < -0.39 is 5.76 Å². The monoisotopic (exact) mass is 468 g/mol. The fourth-order valence-corrected chi connectivity index (χ4v) is 4.52. The number of H-pyrrole nitrogens is 1. The van der Waals surface area contributed by atoms with Crippen LogP contribution in [0.2, 0.25) is 0 Å². The zero-order valence-corrected chi connectivity index (χ0v) is 20.3. The molecule has 9 heteroatoms. The first-order valence-corrected chi connectivity index (χ1v) is 11.7. The fourth-order valence-electron chi connectivity index (χ4n) is 4.52. The molecule has 3 aromatic rings. The largest absolute Gasteiger partial charge is 0.469 e. The van der Waals surface area contributed by atoms with Gasteiger partial charge >= 0.3 is 5.76 Å². The summed E-state index contributed by atoms with van der Waals surface area (Å²) in [5.74, 6) is 1.46. The van der Waals surface area contributed by atoms with E-state index in [0.717, 1.165) is 52.4 Å². The smallest absolute Gasteiger partial charge is 0.439 e. The minimum absolute atomic E-state index is 0.0764. The molecule has 0 aromatic carbocycles. The van der Waals surface area contributed by atoms with E-state index in [1.54, 1.807) is 7.11 Å². The van der Waals surface area contributed by atoms with Crippen molar-refractivity contribution in [2.75, 3.05) is 13.9 Å². The fraction of sp³-hybridized carbons (Fsp3) is 0.520. The van der Waals surface area contributed by atoms with E-state index in [4.69, 9.17) is 19.2 Å². The number of hydrogen-bond acceptors (Lipinski definition) is 8. The highest BCUT2D eigenvalue weighted by Gasteiger charge is 2.22. The van der Waals surface area contributed by atoms with E-state index in [9.17, 15) is 4.79 Å². The van der Waals surface area contributed by atoms with E-state index in [1.807, 2.05) is 26.0 Å². The Bertz CT molecular complexity index is 1180. The zero-order valence-electron chi connectivity index (χ0n) is 20.3. The Balaban J connectivity index is 1.57. The Morgan fingerprint density at radius 2 is 1.85 bits per heavy atom. The summed E-state index contributed by atoms with van der Waals surface area (Å²) in [7, 11) is 1.63. The van der Waals surface area contributed by atoms with E-state index in [1.165, 1.54) is 19.3 Å². The summed E-state index contributed by atoms with van der Waals surface area (Å²) in [6, 6.07) is 4.04. The highest BCUT2D eigenvalue weighted by atomic mass is 16.7. The van der Waals surface area contributed by atoms with Gasteiger partial charge in [0.15, 0.2) is 19.2 Å². The molecule has 4 rings (SSSR count). The van der Waals surface area contributed by atoms with Crippen molar-refractivity contribution in [1.29, 1.82) is 0 Å². The SMILES string of the molecule is COCOc1ccc(Cc2c(C)nc(OCc3noc(=O)[nH]3)c(C)c2C)nc1C1CCCCC1. The van der Waals surface area contributed by atoms with Crippen LogP contribution in [0.1, 0.15) is 77.6 Å². The molecule has 1 N–H and O–H groups in total. The number of nitrogens with zero attached hydrogens (tertiary/aromatic N) is 3. The topological polar surface area (TPSA) is 112 Å². The summed E-state index contributed by atoms with van der Waals surface area (Å²) in [6.07, 6.45) is 6.70. The first-order valence-electron chi connectivity index (χ1n) is 11.7. The van der Waals surface area contributed by atoms with E-state index in [0.29, 0.717) is 24.0 Å². The molecule has 3 aromatic heterocycles. The molecule has 0 spiro atoms. The normalized spacial score (nSPS) is 14.4. The van der Waals surface area contributed by atoms with Crippen LogP contribution >= 0.6 is 0 Å². The number of aromatic nitrogens is 4. The lowest BCUT2D eigenvalue weighted by atomic mass is 9.86. The maximum absolute atomic E-state index is 11.1. The number of hydrogen-bond donors (Lipinski definition) is 1. The minimum Gasteiger partial charge on any atom is -0.469 e. The standard InChI is InChI=1S/C25H32N4O5/c1-15-16(2)24(32-13-22-28-25(30)34-29-22)26-17(3)20(15)12-19-10-11-21(33-14-31-4)23(27-19)18-8-6-5-7-9-18/h10-11,18H,5-9,12-14H2,1-4H3,(H,28,29,30). The first-order chi connectivity index (χ1) is 16.5.